The number of hydrogen-bond acceptors (Lipinski definition) is 6. The lowest BCUT2D eigenvalue weighted by molar-refractivity contribution is -0.139. The molecule has 1 aliphatic carbocycles. The lowest BCUT2D eigenvalue weighted by Crippen LogP contribution is -2.25. The van der Waals surface area contributed by atoms with E-state index in [1.807, 2.05) is 6.07 Å². The molecule has 1 aromatic heterocycles. The molecule has 0 aliphatic heterocycles. The van der Waals surface area contributed by atoms with Crippen molar-refractivity contribution in [3.8, 4) is 5.69 Å². The van der Waals surface area contributed by atoms with Crippen LogP contribution in [-0.2, 0) is 25.5 Å². The molecule has 0 amide bonds. The Balaban J connectivity index is 2.21. The molecule has 0 bridgehead atoms. The van der Waals surface area contributed by atoms with Gasteiger partial charge < -0.3 is 13.9 Å². The smallest absolute Gasteiger partial charge is 0.424 e. The standard InChI is InChI=1S/C18H17NO6/c1-10-14(17(21)24-3)12(16(20)23-2)9-13-15(10)25-18(22)19(13)11-7-5-4-6-8-11/h4-8,10H,9H2,1-3H3. The van der Waals surface area contributed by atoms with Crippen LogP contribution in [0.25, 0.3) is 5.69 Å². The number of carbonyl (C=O) groups is 2. The third-order valence-electron chi connectivity index (χ3n) is 4.28. The molecule has 25 heavy (non-hydrogen) atoms. The molecule has 0 N–H and O–H groups in total. The van der Waals surface area contributed by atoms with Crippen molar-refractivity contribution in [1.82, 2.24) is 4.57 Å². The summed E-state index contributed by atoms with van der Waals surface area (Å²) >= 11 is 0. The summed E-state index contributed by atoms with van der Waals surface area (Å²) in [7, 11) is 2.47. The van der Waals surface area contributed by atoms with Gasteiger partial charge in [0.25, 0.3) is 0 Å². The number of hydrogen-bond donors (Lipinski definition) is 0. The Bertz CT molecular complexity index is 919. The van der Waals surface area contributed by atoms with Crippen LogP contribution in [0.2, 0.25) is 0 Å². The van der Waals surface area contributed by atoms with E-state index < -0.39 is 23.6 Å². The van der Waals surface area contributed by atoms with E-state index >= 15 is 0 Å². The van der Waals surface area contributed by atoms with E-state index in [2.05, 4.69) is 0 Å². The number of oxazole rings is 1. The Hall–Kier alpha value is -3.09. The summed E-state index contributed by atoms with van der Waals surface area (Å²) in [4.78, 5) is 36.8. The van der Waals surface area contributed by atoms with Gasteiger partial charge in [-0.3, -0.25) is 0 Å². The zero-order valence-electron chi connectivity index (χ0n) is 14.1. The van der Waals surface area contributed by atoms with Gasteiger partial charge in [0.1, 0.15) is 5.76 Å². The van der Waals surface area contributed by atoms with Crippen LogP contribution in [0.3, 0.4) is 0 Å². The number of aromatic nitrogens is 1. The number of para-hydroxylation sites is 1. The van der Waals surface area contributed by atoms with Gasteiger partial charge in [0.2, 0.25) is 0 Å². The van der Waals surface area contributed by atoms with Crippen LogP contribution in [0.1, 0.15) is 24.3 Å². The van der Waals surface area contributed by atoms with Crippen molar-refractivity contribution in [2.75, 3.05) is 14.2 Å². The average Bonchev–Trinajstić information content (AvgIpc) is 2.97. The molecule has 0 spiro atoms. The number of nitrogens with zero attached hydrogens (tertiary/aromatic N) is 1. The van der Waals surface area contributed by atoms with Gasteiger partial charge in [0, 0.05) is 12.3 Å². The maximum absolute atomic E-state index is 12.4. The number of esters is 2. The van der Waals surface area contributed by atoms with Gasteiger partial charge >= 0.3 is 17.7 Å². The zero-order chi connectivity index (χ0) is 18.1. The van der Waals surface area contributed by atoms with E-state index in [4.69, 9.17) is 13.9 Å². The molecule has 130 valence electrons. The van der Waals surface area contributed by atoms with Gasteiger partial charge in [-0.05, 0) is 12.1 Å². The van der Waals surface area contributed by atoms with Crippen LogP contribution >= 0.6 is 0 Å². The van der Waals surface area contributed by atoms with Gasteiger partial charge in [-0.15, -0.1) is 0 Å². The van der Waals surface area contributed by atoms with Crippen molar-refractivity contribution < 1.29 is 23.5 Å². The lowest BCUT2D eigenvalue weighted by Gasteiger charge is -2.22. The predicted molar refractivity (Wildman–Crippen MR) is 87.5 cm³/mol. The Kier molecular flexibility index (Phi) is 4.31. The summed E-state index contributed by atoms with van der Waals surface area (Å²) < 4.78 is 16.4. The molecular weight excluding hydrogens is 326 g/mol. The summed E-state index contributed by atoms with van der Waals surface area (Å²) in [5.74, 6) is -2.11. The quantitative estimate of drug-likeness (QED) is 0.789. The van der Waals surface area contributed by atoms with Crippen LogP contribution in [0.15, 0.2) is 50.7 Å². The second-order valence-corrected chi connectivity index (χ2v) is 5.62. The fraction of sp³-hybridized carbons (Fsp3) is 0.278. The molecule has 7 nitrogen and oxygen atoms in total. The molecule has 0 radical (unpaired) electrons. The van der Waals surface area contributed by atoms with Crippen LogP contribution < -0.4 is 5.76 Å². The van der Waals surface area contributed by atoms with Gasteiger partial charge in [-0.25, -0.2) is 19.0 Å². The number of benzene rings is 1. The summed E-state index contributed by atoms with van der Waals surface area (Å²) in [6.07, 6.45) is 0.0391. The minimum Gasteiger partial charge on any atom is -0.466 e. The predicted octanol–water partition coefficient (Wildman–Crippen LogP) is 1.73. The molecule has 1 heterocycles. The van der Waals surface area contributed by atoms with Crippen LogP contribution in [-0.4, -0.2) is 30.7 Å². The topological polar surface area (TPSA) is 87.7 Å². The van der Waals surface area contributed by atoms with Crippen molar-refractivity contribution >= 4 is 11.9 Å². The molecule has 7 heteroatoms. The minimum atomic E-state index is -0.645. The number of methoxy groups -OCH3 is 2. The highest BCUT2D eigenvalue weighted by Gasteiger charge is 2.38. The maximum Gasteiger partial charge on any atom is 0.424 e. The second-order valence-electron chi connectivity index (χ2n) is 5.62. The van der Waals surface area contributed by atoms with E-state index in [0.29, 0.717) is 17.1 Å². The van der Waals surface area contributed by atoms with Crippen molar-refractivity contribution in [3.05, 3.63) is 63.5 Å². The Labute approximate surface area is 143 Å². The number of ether oxygens (including phenoxy) is 2. The van der Waals surface area contributed by atoms with Gasteiger partial charge in [0.15, 0.2) is 0 Å². The van der Waals surface area contributed by atoms with E-state index in [0.717, 1.165) is 0 Å². The highest BCUT2D eigenvalue weighted by molar-refractivity contribution is 6.02. The number of rotatable bonds is 3. The van der Waals surface area contributed by atoms with Gasteiger partial charge in [-0.2, -0.15) is 0 Å². The van der Waals surface area contributed by atoms with Crippen LogP contribution in [0, 0.1) is 0 Å². The highest BCUT2D eigenvalue weighted by Crippen LogP contribution is 2.37. The monoisotopic (exact) mass is 343 g/mol. The Morgan fingerprint density at radius 2 is 1.76 bits per heavy atom. The molecule has 1 aromatic carbocycles. The molecule has 0 saturated heterocycles. The van der Waals surface area contributed by atoms with Crippen molar-refractivity contribution in [3.63, 3.8) is 0 Å². The summed E-state index contributed by atoms with van der Waals surface area (Å²) in [6.45, 7) is 1.69. The Morgan fingerprint density at radius 3 is 2.36 bits per heavy atom. The third-order valence-corrected chi connectivity index (χ3v) is 4.28. The van der Waals surface area contributed by atoms with Gasteiger partial charge in [-0.1, -0.05) is 25.1 Å². The molecule has 0 saturated carbocycles. The largest absolute Gasteiger partial charge is 0.466 e. The molecule has 1 aliphatic rings. The first-order chi connectivity index (χ1) is 12.0. The molecule has 1 unspecified atom stereocenters. The fourth-order valence-electron chi connectivity index (χ4n) is 3.13. The number of fused-ring (bicyclic) bond motifs is 1. The lowest BCUT2D eigenvalue weighted by atomic mass is 9.84. The first-order valence-electron chi connectivity index (χ1n) is 7.69. The molecular formula is C18H17NO6. The normalized spacial score (nSPS) is 16.4. The summed E-state index contributed by atoms with van der Waals surface area (Å²) in [5, 5.41) is 0. The van der Waals surface area contributed by atoms with Crippen molar-refractivity contribution in [2.45, 2.75) is 19.3 Å². The van der Waals surface area contributed by atoms with E-state index in [-0.39, 0.29) is 17.6 Å². The molecule has 1 atom stereocenters. The van der Waals surface area contributed by atoms with E-state index in [1.165, 1.54) is 18.8 Å². The molecule has 0 fully saturated rings. The first-order valence-corrected chi connectivity index (χ1v) is 7.69. The van der Waals surface area contributed by atoms with Crippen LogP contribution in [0.4, 0.5) is 0 Å². The van der Waals surface area contributed by atoms with Gasteiger partial charge in [0.05, 0.1) is 36.7 Å². The van der Waals surface area contributed by atoms with Crippen molar-refractivity contribution in [1.29, 1.82) is 0 Å². The molecule has 2 aromatic rings. The SMILES string of the molecule is COC(=O)C1=C(C(=O)OC)C(C)c2oc(=O)n(-c3ccccc3)c2C1. The zero-order valence-corrected chi connectivity index (χ0v) is 14.1. The molecule has 3 rings (SSSR count). The second kappa shape index (κ2) is 6.43. The van der Waals surface area contributed by atoms with E-state index in [1.54, 1.807) is 31.2 Å². The maximum atomic E-state index is 12.4. The summed E-state index contributed by atoms with van der Waals surface area (Å²) in [6, 6.07) is 8.95. The van der Waals surface area contributed by atoms with Crippen molar-refractivity contribution in [2.24, 2.45) is 0 Å². The number of carbonyl (C=O) groups excluding carboxylic acids is 2. The summed E-state index contributed by atoms with van der Waals surface area (Å²) in [5.41, 5.74) is 1.46. The average molecular weight is 343 g/mol. The minimum absolute atomic E-state index is 0.0391. The van der Waals surface area contributed by atoms with Crippen LogP contribution in [0.5, 0.6) is 0 Å². The fourth-order valence-corrected chi connectivity index (χ4v) is 3.13. The highest BCUT2D eigenvalue weighted by atomic mass is 16.5. The first kappa shape index (κ1) is 16.8. The Morgan fingerprint density at radius 1 is 1.12 bits per heavy atom. The van der Waals surface area contributed by atoms with E-state index in [9.17, 15) is 14.4 Å². The third kappa shape index (κ3) is 2.67.